The first-order valence-electron chi connectivity index (χ1n) is 10.7. The number of hydrogen-bond acceptors (Lipinski definition) is 0. The van der Waals surface area contributed by atoms with E-state index in [-0.39, 0.29) is 4.32 Å². The Bertz CT molecular complexity index is 1290. The summed E-state index contributed by atoms with van der Waals surface area (Å²) in [4.78, 5) is 0. The van der Waals surface area contributed by atoms with Crippen LogP contribution in [0.5, 0.6) is 0 Å². The molecule has 0 saturated heterocycles. The summed E-state index contributed by atoms with van der Waals surface area (Å²) in [6.07, 6.45) is 5.46. The largest absolute Gasteiger partial charge is 0.0752 e. The van der Waals surface area contributed by atoms with Crippen molar-refractivity contribution in [3.63, 3.8) is 0 Å². The van der Waals surface area contributed by atoms with Crippen molar-refractivity contribution in [2.24, 2.45) is 0 Å². The fourth-order valence-corrected chi connectivity index (χ4v) is 5.23. The smallest absolute Gasteiger partial charge is 0.0729 e. The SMILES string of the molecule is Brc1ccc(C2=C(c3ccccc3)CC(Br)(c3cccc(-c4ccccc4)c3)C=C2)cc1. The number of hydrogen-bond donors (Lipinski definition) is 0. The van der Waals surface area contributed by atoms with Gasteiger partial charge < -0.3 is 0 Å². The molecule has 1 unspecified atom stereocenters. The van der Waals surface area contributed by atoms with E-state index in [4.69, 9.17) is 0 Å². The minimum Gasteiger partial charge on any atom is -0.0752 e. The fourth-order valence-electron chi connectivity index (χ4n) is 4.31. The fraction of sp³-hybridized carbons (Fsp3) is 0.0667. The highest BCUT2D eigenvalue weighted by atomic mass is 79.9. The first kappa shape index (κ1) is 21.2. The van der Waals surface area contributed by atoms with Gasteiger partial charge in [-0.2, -0.15) is 0 Å². The Morgan fingerprint density at radius 3 is 1.91 bits per heavy atom. The third-order valence-corrected chi connectivity index (χ3v) is 7.53. The van der Waals surface area contributed by atoms with Crippen LogP contribution in [-0.4, -0.2) is 0 Å². The van der Waals surface area contributed by atoms with Crippen molar-refractivity contribution in [3.05, 3.63) is 143 Å². The van der Waals surface area contributed by atoms with Crippen LogP contribution in [-0.2, 0) is 4.32 Å². The van der Waals surface area contributed by atoms with Gasteiger partial charge in [-0.05, 0) is 63.6 Å². The van der Waals surface area contributed by atoms with Gasteiger partial charge in [-0.1, -0.05) is 135 Å². The van der Waals surface area contributed by atoms with Crippen LogP contribution in [0, 0.1) is 0 Å². The second kappa shape index (κ2) is 9.05. The molecule has 4 aromatic carbocycles. The third-order valence-electron chi connectivity index (χ3n) is 6.00. The lowest BCUT2D eigenvalue weighted by atomic mass is 9.80. The molecule has 0 spiro atoms. The van der Waals surface area contributed by atoms with E-state index in [0.717, 1.165) is 10.9 Å². The van der Waals surface area contributed by atoms with E-state index >= 15 is 0 Å². The normalized spacial score (nSPS) is 18.1. The van der Waals surface area contributed by atoms with E-state index in [1.807, 2.05) is 0 Å². The predicted molar refractivity (Wildman–Crippen MR) is 144 cm³/mol. The summed E-state index contributed by atoms with van der Waals surface area (Å²) in [7, 11) is 0. The Kier molecular flexibility index (Phi) is 5.99. The molecule has 5 rings (SSSR count). The van der Waals surface area contributed by atoms with Gasteiger partial charge >= 0.3 is 0 Å². The molecule has 2 heteroatoms. The van der Waals surface area contributed by atoms with Crippen LogP contribution in [0.4, 0.5) is 0 Å². The molecule has 1 aliphatic carbocycles. The minimum absolute atomic E-state index is 0.262. The first-order chi connectivity index (χ1) is 15.6. The molecule has 0 saturated carbocycles. The van der Waals surface area contributed by atoms with Crippen molar-refractivity contribution in [2.45, 2.75) is 10.7 Å². The number of alkyl halides is 1. The van der Waals surface area contributed by atoms with Crippen molar-refractivity contribution in [2.75, 3.05) is 0 Å². The summed E-state index contributed by atoms with van der Waals surface area (Å²) in [6, 6.07) is 38.8. The van der Waals surface area contributed by atoms with Crippen molar-refractivity contribution >= 4 is 43.0 Å². The van der Waals surface area contributed by atoms with Crippen LogP contribution in [0.25, 0.3) is 22.3 Å². The molecule has 0 fully saturated rings. The zero-order chi connectivity index (χ0) is 22.0. The van der Waals surface area contributed by atoms with Gasteiger partial charge in [-0.15, -0.1) is 0 Å². The number of benzene rings is 4. The summed E-state index contributed by atoms with van der Waals surface area (Å²) in [5.74, 6) is 0. The zero-order valence-corrected chi connectivity index (χ0v) is 20.7. The van der Waals surface area contributed by atoms with Crippen LogP contribution < -0.4 is 0 Å². The number of allylic oxidation sites excluding steroid dienone is 4. The van der Waals surface area contributed by atoms with Crippen LogP contribution in [0.1, 0.15) is 23.1 Å². The lowest BCUT2D eigenvalue weighted by Crippen LogP contribution is -2.19. The molecule has 0 aliphatic heterocycles. The maximum absolute atomic E-state index is 4.13. The van der Waals surface area contributed by atoms with E-state index < -0.39 is 0 Å². The molecular formula is C30H22Br2. The van der Waals surface area contributed by atoms with Crippen molar-refractivity contribution in [1.82, 2.24) is 0 Å². The number of halogens is 2. The summed E-state index contributed by atoms with van der Waals surface area (Å²) in [5, 5.41) is 0. The van der Waals surface area contributed by atoms with Gasteiger partial charge in [0.25, 0.3) is 0 Å². The average molecular weight is 542 g/mol. The van der Waals surface area contributed by atoms with Gasteiger partial charge in [-0.3, -0.25) is 0 Å². The van der Waals surface area contributed by atoms with Gasteiger partial charge in [0, 0.05) is 4.47 Å². The van der Waals surface area contributed by atoms with Gasteiger partial charge in [0.2, 0.25) is 0 Å². The van der Waals surface area contributed by atoms with E-state index in [1.54, 1.807) is 0 Å². The molecule has 0 amide bonds. The third kappa shape index (κ3) is 4.30. The lowest BCUT2D eigenvalue weighted by Gasteiger charge is -2.32. The molecule has 1 aliphatic rings. The van der Waals surface area contributed by atoms with Crippen LogP contribution >= 0.6 is 31.9 Å². The van der Waals surface area contributed by atoms with Gasteiger partial charge in [0.1, 0.15) is 0 Å². The monoisotopic (exact) mass is 540 g/mol. The molecular weight excluding hydrogens is 520 g/mol. The molecule has 0 aromatic heterocycles. The Morgan fingerprint density at radius 1 is 0.594 bits per heavy atom. The molecule has 0 bridgehead atoms. The standard InChI is InChI=1S/C30H22Br2/c31-27-16-14-24(15-17-27)28-18-19-30(32,21-29(28)23-10-5-2-6-11-23)26-13-7-12-25(20-26)22-8-3-1-4-9-22/h1-20H,21H2. The van der Waals surface area contributed by atoms with Crippen LogP contribution in [0.15, 0.2) is 126 Å². The van der Waals surface area contributed by atoms with E-state index in [1.165, 1.54) is 39.0 Å². The van der Waals surface area contributed by atoms with Crippen LogP contribution in [0.2, 0.25) is 0 Å². The summed E-state index contributed by atoms with van der Waals surface area (Å²) in [6.45, 7) is 0. The molecule has 156 valence electrons. The summed E-state index contributed by atoms with van der Waals surface area (Å²) < 4.78 is 0.831. The van der Waals surface area contributed by atoms with Crippen molar-refractivity contribution in [3.8, 4) is 11.1 Å². The highest BCUT2D eigenvalue weighted by Gasteiger charge is 2.32. The highest BCUT2D eigenvalue weighted by Crippen LogP contribution is 2.48. The molecule has 0 heterocycles. The number of rotatable bonds is 4. The Labute approximate surface area is 206 Å². The molecule has 0 nitrogen and oxygen atoms in total. The maximum Gasteiger partial charge on any atom is 0.0729 e. The van der Waals surface area contributed by atoms with E-state index in [9.17, 15) is 0 Å². The maximum atomic E-state index is 4.13. The highest BCUT2D eigenvalue weighted by molar-refractivity contribution is 9.10. The van der Waals surface area contributed by atoms with Crippen molar-refractivity contribution in [1.29, 1.82) is 0 Å². The second-order valence-corrected chi connectivity index (χ2v) is 10.4. The average Bonchev–Trinajstić information content (AvgIpc) is 2.86. The Balaban J connectivity index is 1.59. The van der Waals surface area contributed by atoms with Gasteiger partial charge in [0.05, 0.1) is 4.32 Å². The second-order valence-electron chi connectivity index (χ2n) is 8.08. The van der Waals surface area contributed by atoms with Crippen LogP contribution in [0.3, 0.4) is 0 Å². The Hall–Kier alpha value is -2.68. The van der Waals surface area contributed by atoms with E-state index in [0.29, 0.717) is 0 Å². The summed E-state index contributed by atoms with van der Waals surface area (Å²) >= 11 is 7.69. The minimum atomic E-state index is -0.262. The first-order valence-corrected chi connectivity index (χ1v) is 12.3. The lowest BCUT2D eigenvalue weighted by molar-refractivity contribution is 0.813. The zero-order valence-electron chi connectivity index (χ0n) is 17.5. The van der Waals surface area contributed by atoms with Crippen molar-refractivity contribution < 1.29 is 0 Å². The molecule has 4 aromatic rings. The predicted octanol–water partition coefficient (Wildman–Crippen LogP) is 9.28. The topological polar surface area (TPSA) is 0 Å². The molecule has 32 heavy (non-hydrogen) atoms. The molecule has 0 N–H and O–H groups in total. The Morgan fingerprint density at radius 2 is 1.22 bits per heavy atom. The van der Waals surface area contributed by atoms with Gasteiger partial charge in [-0.25, -0.2) is 0 Å². The molecule has 0 radical (unpaired) electrons. The molecule has 1 atom stereocenters. The van der Waals surface area contributed by atoms with E-state index in [2.05, 4.69) is 153 Å². The quantitative estimate of drug-likeness (QED) is 0.226. The summed E-state index contributed by atoms with van der Waals surface area (Å²) in [5.41, 5.74) is 8.85. The van der Waals surface area contributed by atoms with Gasteiger partial charge in [0.15, 0.2) is 0 Å².